The summed E-state index contributed by atoms with van der Waals surface area (Å²) in [5.74, 6) is 0.721. The fraction of sp³-hybridized carbons (Fsp3) is 0.316. The monoisotopic (exact) mass is 414 g/mol. The first-order valence-electron chi connectivity index (χ1n) is 9.22. The molecule has 9 nitrogen and oxygen atoms in total. The molecule has 152 valence electrons. The third-order valence-corrected chi connectivity index (χ3v) is 6.87. The fourth-order valence-corrected chi connectivity index (χ4v) is 5.08. The highest BCUT2D eigenvalue weighted by Crippen LogP contribution is 2.28. The smallest absolute Gasteiger partial charge is 0.246 e. The quantitative estimate of drug-likeness (QED) is 0.659. The zero-order chi connectivity index (χ0) is 20.4. The van der Waals surface area contributed by atoms with Crippen LogP contribution in [0.25, 0.3) is 0 Å². The molecule has 4 rings (SSSR count). The van der Waals surface area contributed by atoms with Gasteiger partial charge in [0.15, 0.2) is 0 Å². The first-order chi connectivity index (χ1) is 13.9. The lowest BCUT2D eigenvalue weighted by Crippen LogP contribution is -2.42. The Balaban J connectivity index is 1.50. The van der Waals surface area contributed by atoms with Gasteiger partial charge in [-0.2, -0.15) is 9.40 Å². The normalized spacial score (nSPS) is 17.9. The summed E-state index contributed by atoms with van der Waals surface area (Å²) in [6.07, 6.45) is 2.96. The zero-order valence-corrected chi connectivity index (χ0v) is 17.0. The molecule has 1 aliphatic heterocycles. The molecule has 0 aliphatic carbocycles. The van der Waals surface area contributed by atoms with E-state index >= 15 is 0 Å². The minimum absolute atomic E-state index is 0.201. The summed E-state index contributed by atoms with van der Waals surface area (Å²) < 4.78 is 33.4. The molecule has 0 spiro atoms. The molecule has 0 aromatic carbocycles. The van der Waals surface area contributed by atoms with E-state index in [0.29, 0.717) is 30.2 Å². The molecule has 1 unspecified atom stereocenters. The number of morpholine rings is 1. The molecule has 0 amide bonds. The van der Waals surface area contributed by atoms with Crippen molar-refractivity contribution in [2.45, 2.75) is 24.8 Å². The van der Waals surface area contributed by atoms with E-state index in [0.717, 1.165) is 11.5 Å². The largest absolute Gasteiger partial charge is 0.369 e. The molecule has 1 atom stereocenters. The van der Waals surface area contributed by atoms with Gasteiger partial charge in [-0.05, 0) is 38.1 Å². The molecule has 4 heterocycles. The predicted octanol–water partition coefficient (Wildman–Crippen LogP) is 2.32. The van der Waals surface area contributed by atoms with Crippen LogP contribution in [-0.4, -0.2) is 52.6 Å². The van der Waals surface area contributed by atoms with Crippen molar-refractivity contribution in [3.05, 3.63) is 59.8 Å². The number of nitrogens with zero attached hydrogens (tertiary/aromatic N) is 4. The van der Waals surface area contributed by atoms with E-state index in [1.54, 1.807) is 26.2 Å². The van der Waals surface area contributed by atoms with Crippen molar-refractivity contribution in [2.75, 3.05) is 25.0 Å². The van der Waals surface area contributed by atoms with Crippen LogP contribution in [0.3, 0.4) is 0 Å². The summed E-state index contributed by atoms with van der Waals surface area (Å²) in [4.78, 5) is 8.91. The highest BCUT2D eigenvalue weighted by atomic mass is 32.2. The Labute approximate surface area is 169 Å². The standard InChI is InChI=1S/C19H22N6O3S/c1-13-19(14(2)24-23-13)29(26,27)25-9-10-28-17(12-25)16-7-6-15(11-21-16)22-18-5-3-4-8-20-18/h3-8,11,17H,9-10,12H2,1-2H3,(H,20,22)(H,23,24). The number of anilines is 2. The molecule has 3 aromatic rings. The van der Waals surface area contributed by atoms with Crippen molar-refractivity contribution in [1.82, 2.24) is 24.5 Å². The average molecular weight is 414 g/mol. The number of aryl methyl sites for hydroxylation is 2. The third kappa shape index (κ3) is 4.00. The van der Waals surface area contributed by atoms with Gasteiger partial charge >= 0.3 is 0 Å². The fourth-order valence-electron chi connectivity index (χ4n) is 3.33. The number of aromatic amines is 1. The van der Waals surface area contributed by atoms with Gasteiger partial charge in [0.1, 0.15) is 16.8 Å². The van der Waals surface area contributed by atoms with Crippen LogP contribution in [0.5, 0.6) is 0 Å². The summed E-state index contributed by atoms with van der Waals surface area (Å²) in [5, 5.41) is 9.92. The maximum Gasteiger partial charge on any atom is 0.246 e. The molecule has 1 fully saturated rings. The minimum Gasteiger partial charge on any atom is -0.369 e. The number of hydrogen-bond donors (Lipinski definition) is 2. The summed E-state index contributed by atoms with van der Waals surface area (Å²) in [7, 11) is -3.66. The van der Waals surface area contributed by atoms with Crippen molar-refractivity contribution in [2.24, 2.45) is 0 Å². The Morgan fingerprint density at radius 1 is 1.21 bits per heavy atom. The van der Waals surface area contributed by atoms with Gasteiger partial charge in [-0.25, -0.2) is 13.4 Å². The van der Waals surface area contributed by atoms with Crippen LogP contribution in [0.4, 0.5) is 11.5 Å². The minimum atomic E-state index is -3.66. The lowest BCUT2D eigenvalue weighted by molar-refractivity contribution is -0.00494. The molecule has 0 saturated carbocycles. The van der Waals surface area contributed by atoms with Crippen LogP contribution < -0.4 is 5.32 Å². The molecular formula is C19H22N6O3S. The molecule has 0 radical (unpaired) electrons. The van der Waals surface area contributed by atoms with Crippen LogP contribution in [-0.2, 0) is 14.8 Å². The number of ether oxygens (including phenoxy) is 1. The Bertz CT molecular complexity index is 1060. The van der Waals surface area contributed by atoms with Crippen LogP contribution >= 0.6 is 0 Å². The van der Waals surface area contributed by atoms with E-state index < -0.39 is 16.1 Å². The van der Waals surface area contributed by atoms with Crippen LogP contribution in [0.15, 0.2) is 47.6 Å². The lowest BCUT2D eigenvalue weighted by Gasteiger charge is -2.32. The van der Waals surface area contributed by atoms with Gasteiger partial charge in [-0.3, -0.25) is 10.1 Å². The first-order valence-corrected chi connectivity index (χ1v) is 10.7. The van der Waals surface area contributed by atoms with E-state index in [2.05, 4.69) is 25.5 Å². The van der Waals surface area contributed by atoms with E-state index in [9.17, 15) is 8.42 Å². The van der Waals surface area contributed by atoms with Crippen molar-refractivity contribution in [1.29, 1.82) is 0 Å². The first kappa shape index (κ1) is 19.5. The molecule has 2 N–H and O–H groups in total. The van der Waals surface area contributed by atoms with Gasteiger partial charge < -0.3 is 10.1 Å². The third-order valence-electron chi connectivity index (χ3n) is 4.74. The van der Waals surface area contributed by atoms with Crippen molar-refractivity contribution in [3.8, 4) is 0 Å². The SMILES string of the molecule is Cc1n[nH]c(C)c1S(=O)(=O)N1CCOC(c2ccc(Nc3ccccn3)cn2)C1. The second-order valence-electron chi connectivity index (χ2n) is 6.80. The number of pyridine rings is 2. The summed E-state index contributed by atoms with van der Waals surface area (Å²) in [6.45, 7) is 4.19. The Morgan fingerprint density at radius 2 is 2.07 bits per heavy atom. The number of nitrogens with one attached hydrogen (secondary N) is 2. The molecule has 1 aliphatic rings. The van der Waals surface area contributed by atoms with Crippen LogP contribution in [0.2, 0.25) is 0 Å². The van der Waals surface area contributed by atoms with Crippen molar-refractivity contribution in [3.63, 3.8) is 0 Å². The van der Waals surface area contributed by atoms with Gasteiger partial charge in [-0.1, -0.05) is 6.07 Å². The maximum absolute atomic E-state index is 13.1. The second-order valence-corrected chi connectivity index (χ2v) is 8.67. The molecule has 10 heteroatoms. The molecule has 29 heavy (non-hydrogen) atoms. The Hall–Kier alpha value is -2.82. The number of H-pyrrole nitrogens is 1. The van der Waals surface area contributed by atoms with Gasteiger partial charge in [0.2, 0.25) is 10.0 Å². The topological polar surface area (TPSA) is 113 Å². The summed E-state index contributed by atoms with van der Waals surface area (Å²) >= 11 is 0. The lowest BCUT2D eigenvalue weighted by atomic mass is 10.2. The highest BCUT2D eigenvalue weighted by Gasteiger charge is 2.34. The molecular weight excluding hydrogens is 392 g/mol. The van der Waals surface area contributed by atoms with Crippen LogP contribution in [0, 0.1) is 13.8 Å². The van der Waals surface area contributed by atoms with E-state index in [1.165, 1.54) is 4.31 Å². The molecule has 1 saturated heterocycles. The number of sulfonamides is 1. The Kier molecular flexibility index (Phi) is 5.31. The summed E-state index contributed by atoms with van der Waals surface area (Å²) in [5.41, 5.74) is 2.47. The van der Waals surface area contributed by atoms with Gasteiger partial charge in [0, 0.05) is 19.3 Å². The Morgan fingerprint density at radius 3 is 2.72 bits per heavy atom. The van der Waals surface area contributed by atoms with Gasteiger partial charge in [0.05, 0.1) is 35.6 Å². The van der Waals surface area contributed by atoms with E-state index in [-0.39, 0.29) is 11.4 Å². The van der Waals surface area contributed by atoms with Crippen molar-refractivity contribution >= 4 is 21.5 Å². The summed E-state index contributed by atoms with van der Waals surface area (Å²) in [6, 6.07) is 9.31. The van der Waals surface area contributed by atoms with E-state index in [1.807, 2.05) is 30.3 Å². The van der Waals surface area contributed by atoms with Gasteiger partial charge in [-0.15, -0.1) is 0 Å². The van der Waals surface area contributed by atoms with Gasteiger partial charge in [0.25, 0.3) is 0 Å². The number of rotatable bonds is 5. The highest BCUT2D eigenvalue weighted by molar-refractivity contribution is 7.89. The average Bonchev–Trinajstić information content (AvgIpc) is 3.08. The number of hydrogen-bond acceptors (Lipinski definition) is 7. The second kappa shape index (κ2) is 7.90. The van der Waals surface area contributed by atoms with E-state index in [4.69, 9.17) is 4.74 Å². The van der Waals surface area contributed by atoms with Crippen molar-refractivity contribution < 1.29 is 13.2 Å². The molecule has 0 bridgehead atoms. The zero-order valence-electron chi connectivity index (χ0n) is 16.2. The molecule has 3 aromatic heterocycles. The maximum atomic E-state index is 13.1. The number of aromatic nitrogens is 4. The van der Waals surface area contributed by atoms with Crippen LogP contribution in [0.1, 0.15) is 23.2 Å². The predicted molar refractivity (Wildman–Crippen MR) is 107 cm³/mol.